The third-order valence-corrected chi connectivity index (χ3v) is 4.08. The van der Waals surface area contributed by atoms with Crippen molar-refractivity contribution in [3.05, 3.63) is 30.3 Å². The standard InChI is InChI=1S/C10H14OSe/c1-2-9(11)8-12-10-6-4-3-5-7-10/h3-7,9,11H,2,8H2,1H3. The Morgan fingerprint density at radius 1 is 1.33 bits per heavy atom. The molecule has 0 aliphatic heterocycles. The first-order valence-corrected chi connectivity index (χ1v) is 6.25. The van der Waals surface area contributed by atoms with Crippen molar-refractivity contribution in [1.82, 2.24) is 0 Å². The maximum atomic E-state index is 9.33. The zero-order valence-corrected chi connectivity index (χ0v) is 8.95. The number of aliphatic hydroxyl groups excluding tert-OH is 1. The summed E-state index contributed by atoms with van der Waals surface area (Å²) in [5.74, 6) is 0. The van der Waals surface area contributed by atoms with Crippen LogP contribution in [0.1, 0.15) is 13.3 Å². The van der Waals surface area contributed by atoms with Crippen LogP contribution in [0.3, 0.4) is 0 Å². The summed E-state index contributed by atoms with van der Waals surface area (Å²) in [6.45, 7) is 2.02. The Kier molecular flexibility index (Phi) is 4.37. The van der Waals surface area contributed by atoms with Gasteiger partial charge in [0.15, 0.2) is 0 Å². The molecule has 0 fully saturated rings. The van der Waals surface area contributed by atoms with Crippen LogP contribution < -0.4 is 4.46 Å². The van der Waals surface area contributed by atoms with Gasteiger partial charge in [-0.3, -0.25) is 0 Å². The van der Waals surface area contributed by atoms with Crippen molar-refractivity contribution in [3.8, 4) is 0 Å². The van der Waals surface area contributed by atoms with Crippen molar-refractivity contribution in [1.29, 1.82) is 0 Å². The molecular weight excluding hydrogens is 215 g/mol. The second-order valence-electron chi connectivity index (χ2n) is 2.69. The van der Waals surface area contributed by atoms with Crippen molar-refractivity contribution >= 4 is 19.4 Å². The molecule has 0 saturated carbocycles. The summed E-state index contributed by atoms with van der Waals surface area (Å²) in [4.78, 5) is 0. The molecule has 1 rings (SSSR count). The molecule has 0 radical (unpaired) electrons. The molecule has 0 bridgehead atoms. The fourth-order valence-electron chi connectivity index (χ4n) is 0.827. The van der Waals surface area contributed by atoms with Crippen molar-refractivity contribution in [2.45, 2.75) is 24.8 Å². The molecule has 2 heteroatoms. The van der Waals surface area contributed by atoms with Crippen LogP contribution in [0, 0.1) is 0 Å². The van der Waals surface area contributed by atoms with Gasteiger partial charge < -0.3 is 0 Å². The number of hydrogen-bond donors (Lipinski definition) is 1. The van der Waals surface area contributed by atoms with Crippen LogP contribution >= 0.6 is 0 Å². The van der Waals surface area contributed by atoms with Gasteiger partial charge in [0.25, 0.3) is 0 Å². The van der Waals surface area contributed by atoms with Gasteiger partial charge in [0.05, 0.1) is 0 Å². The monoisotopic (exact) mass is 230 g/mol. The average molecular weight is 229 g/mol. The van der Waals surface area contributed by atoms with Crippen LogP contribution in [0.25, 0.3) is 0 Å². The summed E-state index contributed by atoms with van der Waals surface area (Å²) in [5, 5.41) is 10.3. The summed E-state index contributed by atoms with van der Waals surface area (Å²) in [6.07, 6.45) is 0.763. The summed E-state index contributed by atoms with van der Waals surface area (Å²) in [5.41, 5.74) is 0. The van der Waals surface area contributed by atoms with E-state index in [1.807, 2.05) is 13.0 Å². The Hall–Kier alpha value is -0.301. The van der Waals surface area contributed by atoms with Gasteiger partial charge in [0.2, 0.25) is 0 Å². The fraction of sp³-hybridized carbons (Fsp3) is 0.400. The predicted molar refractivity (Wildman–Crippen MR) is 52.9 cm³/mol. The Balaban J connectivity index is 2.33. The van der Waals surface area contributed by atoms with E-state index in [-0.39, 0.29) is 6.10 Å². The van der Waals surface area contributed by atoms with Crippen LogP contribution in [0.5, 0.6) is 0 Å². The van der Waals surface area contributed by atoms with E-state index in [4.69, 9.17) is 0 Å². The summed E-state index contributed by atoms with van der Waals surface area (Å²) >= 11 is 0.441. The van der Waals surface area contributed by atoms with Crippen LogP contribution in [0.4, 0.5) is 0 Å². The molecule has 0 aliphatic carbocycles. The Labute approximate surface area is 80.0 Å². The van der Waals surface area contributed by atoms with Gasteiger partial charge in [-0.15, -0.1) is 0 Å². The van der Waals surface area contributed by atoms with Crippen LogP contribution in [0.15, 0.2) is 30.3 Å². The fourth-order valence-corrected chi connectivity index (χ4v) is 2.86. The summed E-state index contributed by atoms with van der Waals surface area (Å²) in [7, 11) is 0. The van der Waals surface area contributed by atoms with Crippen molar-refractivity contribution in [2.75, 3.05) is 0 Å². The average Bonchev–Trinajstić information content (AvgIpc) is 2.16. The molecule has 0 spiro atoms. The Morgan fingerprint density at radius 2 is 2.00 bits per heavy atom. The minimum atomic E-state index is -0.106. The quantitative estimate of drug-likeness (QED) is 0.769. The van der Waals surface area contributed by atoms with E-state index in [2.05, 4.69) is 24.3 Å². The molecule has 0 saturated heterocycles. The molecule has 0 aliphatic rings. The molecular formula is C10H14OSe. The van der Waals surface area contributed by atoms with E-state index >= 15 is 0 Å². The first-order chi connectivity index (χ1) is 5.83. The Bertz CT molecular complexity index is 210. The van der Waals surface area contributed by atoms with Gasteiger partial charge in [0.1, 0.15) is 0 Å². The molecule has 1 unspecified atom stereocenters. The van der Waals surface area contributed by atoms with Crippen LogP contribution in [0.2, 0.25) is 5.32 Å². The molecule has 1 atom stereocenters. The molecule has 0 amide bonds. The molecule has 1 aromatic carbocycles. The Morgan fingerprint density at radius 3 is 2.58 bits per heavy atom. The molecule has 0 heterocycles. The van der Waals surface area contributed by atoms with E-state index < -0.39 is 0 Å². The SMILES string of the molecule is CCC(O)C[Se]c1ccccc1. The number of benzene rings is 1. The van der Waals surface area contributed by atoms with Gasteiger partial charge in [-0.2, -0.15) is 0 Å². The van der Waals surface area contributed by atoms with Crippen LogP contribution in [-0.2, 0) is 0 Å². The first-order valence-electron chi connectivity index (χ1n) is 4.19. The number of hydrogen-bond acceptors (Lipinski definition) is 1. The van der Waals surface area contributed by atoms with Gasteiger partial charge in [-0.05, 0) is 0 Å². The molecule has 1 aromatic rings. The second-order valence-corrected chi connectivity index (χ2v) is 4.98. The third kappa shape index (κ3) is 3.40. The molecule has 66 valence electrons. The maximum absolute atomic E-state index is 9.33. The van der Waals surface area contributed by atoms with Gasteiger partial charge in [-0.1, -0.05) is 0 Å². The van der Waals surface area contributed by atoms with Gasteiger partial charge in [-0.25, -0.2) is 0 Å². The summed E-state index contributed by atoms with van der Waals surface area (Å²) < 4.78 is 1.37. The van der Waals surface area contributed by atoms with Gasteiger partial charge in [0, 0.05) is 0 Å². The topological polar surface area (TPSA) is 20.2 Å². The number of rotatable bonds is 4. The van der Waals surface area contributed by atoms with E-state index in [0.717, 1.165) is 11.7 Å². The first kappa shape index (κ1) is 9.78. The minimum absolute atomic E-state index is 0.106. The van der Waals surface area contributed by atoms with E-state index in [1.165, 1.54) is 4.46 Å². The van der Waals surface area contributed by atoms with E-state index in [9.17, 15) is 5.11 Å². The van der Waals surface area contributed by atoms with Crippen molar-refractivity contribution < 1.29 is 5.11 Å². The third-order valence-electron chi connectivity index (χ3n) is 1.66. The van der Waals surface area contributed by atoms with Gasteiger partial charge >= 0.3 is 79.6 Å². The second kappa shape index (κ2) is 5.36. The predicted octanol–water partition coefficient (Wildman–Crippen LogP) is 1.21. The molecule has 1 nitrogen and oxygen atoms in total. The molecule has 12 heavy (non-hydrogen) atoms. The normalized spacial score (nSPS) is 12.8. The zero-order chi connectivity index (χ0) is 8.81. The molecule has 0 aromatic heterocycles. The zero-order valence-electron chi connectivity index (χ0n) is 7.23. The number of aliphatic hydroxyl groups is 1. The van der Waals surface area contributed by atoms with Crippen molar-refractivity contribution in [3.63, 3.8) is 0 Å². The summed E-state index contributed by atoms with van der Waals surface area (Å²) in [6, 6.07) is 10.4. The van der Waals surface area contributed by atoms with Crippen LogP contribution in [-0.4, -0.2) is 26.2 Å². The van der Waals surface area contributed by atoms with Crippen molar-refractivity contribution in [2.24, 2.45) is 0 Å². The molecule has 1 N–H and O–H groups in total. The van der Waals surface area contributed by atoms with E-state index in [0.29, 0.717) is 15.0 Å². The van der Waals surface area contributed by atoms with E-state index in [1.54, 1.807) is 0 Å².